The van der Waals surface area contributed by atoms with Crippen molar-refractivity contribution in [3.05, 3.63) is 29.0 Å². The predicted molar refractivity (Wildman–Crippen MR) is 63.4 cm³/mol. The molecule has 22 heavy (non-hydrogen) atoms. The van der Waals surface area contributed by atoms with E-state index in [1.165, 1.54) is 0 Å². The highest BCUT2D eigenvalue weighted by Gasteiger charge is 2.43. The number of alkyl halides is 6. The van der Waals surface area contributed by atoms with Crippen molar-refractivity contribution in [2.45, 2.75) is 12.4 Å². The number of H-pyrrole nitrogens is 1. The highest BCUT2D eigenvalue weighted by atomic mass is 19.4. The average Bonchev–Trinajstić information content (AvgIpc) is 2.76. The van der Waals surface area contributed by atoms with Crippen LogP contribution >= 0.6 is 0 Å². The van der Waals surface area contributed by atoms with Gasteiger partial charge < -0.3 is 15.5 Å². The van der Waals surface area contributed by atoms with Crippen molar-refractivity contribution in [1.29, 1.82) is 0 Å². The van der Waals surface area contributed by atoms with E-state index in [9.17, 15) is 31.1 Å². The van der Waals surface area contributed by atoms with E-state index in [2.05, 4.69) is 4.74 Å². The van der Waals surface area contributed by atoms with E-state index in [1.807, 2.05) is 4.98 Å². The second-order valence-corrected chi connectivity index (χ2v) is 4.30. The number of fused-ring (bicyclic) bond motifs is 1. The molecule has 0 fully saturated rings. The molecule has 120 valence electrons. The zero-order valence-electron chi connectivity index (χ0n) is 10.8. The van der Waals surface area contributed by atoms with Crippen molar-refractivity contribution < 1.29 is 35.9 Å². The molecule has 0 radical (unpaired) electrons. The van der Waals surface area contributed by atoms with Gasteiger partial charge in [-0.1, -0.05) is 0 Å². The molecule has 0 saturated carbocycles. The number of rotatable bonds is 2. The van der Waals surface area contributed by atoms with Crippen LogP contribution in [0.4, 0.5) is 26.3 Å². The minimum absolute atomic E-state index is 0.459. The molecule has 2 rings (SSSR count). The molecule has 10 heteroatoms. The summed E-state index contributed by atoms with van der Waals surface area (Å²) in [6.07, 6.45) is -10.0. The van der Waals surface area contributed by atoms with E-state index >= 15 is 0 Å². The monoisotopic (exact) mass is 326 g/mol. The Kier molecular flexibility index (Phi) is 3.50. The number of amides is 1. The Morgan fingerprint density at radius 3 is 2.14 bits per heavy atom. The van der Waals surface area contributed by atoms with Crippen molar-refractivity contribution in [3.63, 3.8) is 0 Å². The minimum atomic E-state index is -5.10. The van der Waals surface area contributed by atoms with Gasteiger partial charge in [0, 0.05) is 0 Å². The normalized spacial score (nSPS) is 12.7. The van der Waals surface area contributed by atoms with Crippen LogP contribution in [0.3, 0.4) is 0 Å². The molecule has 0 saturated heterocycles. The van der Waals surface area contributed by atoms with E-state index in [0.717, 1.165) is 13.2 Å². The molecule has 0 aliphatic carbocycles. The Bertz CT molecular complexity index is 745. The number of nitrogens with two attached hydrogens (primary N) is 1. The fraction of sp³-hybridized carbons (Fsp3) is 0.250. The van der Waals surface area contributed by atoms with E-state index in [-0.39, 0.29) is 0 Å². The minimum Gasteiger partial charge on any atom is -0.496 e. The number of methoxy groups -OCH3 is 1. The lowest BCUT2D eigenvalue weighted by molar-refractivity contribution is -0.138. The summed E-state index contributed by atoms with van der Waals surface area (Å²) in [5.41, 5.74) is -0.176. The third kappa shape index (κ3) is 2.44. The Labute approximate surface area is 118 Å². The third-order valence-corrected chi connectivity index (χ3v) is 2.97. The van der Waals surface area contributed by atoms with E-state index < -0.39 is 51.7 Å². The Morgan fingerprint density at radius 1 is 1.14 bits per heavy atom. The van der Waals surface area contributed by atoms with Crippen molar-refractivity contribution in [2.75, 3.05) is 7.11 Å². The molecule has 0 bridgehead atoms. The average molecular weight is 326 g/mol. The SMILES string of the molecule is COc1ccc(C(F)(F)F)c2[nH]c(C(N)=O)c(C(F)(F)F)c12. The molecular formula is C12H8F6N2O2. The van der Waals surface area contributed by atoms with Gasteiger partial charge in [-0.05, 0) is 12.1 Å². The maximum Gasteiger partial charge on any atom is 0.419 e. The van der Waals surface area contributed by atoms with Crippen LogP contribution in [-0.4, -0.2) is 18.0 Å². The molecule has 0 atom stereocenters. The number of nitrogens with one attached hydrogen (secondary N) is 1. The fourth-order valence-electron chi connectivity index (χ4n) is 2.15. The quantitative estimate of drug-likeness (QED) is 0.832. The number of aromatic nitrogens is 1. The van der Waals surface area contributed by atoms with Gasteiger partial charge in [0.1, 0.15) is 11.4 Å². The van der Waals surface area contributed by atoms with Gasteiger partial charge in [-0.25, -0.2) is 0 Å². The predicted octanol–water partition coefficient (Wildman–Crippen LogP) is 3.31. The number of ether oxygens (including phenoxy) is 1. The molecule has 0 aliphatic rings. The number of primary amides is 1. The Balaban J connectivity index is 3.04. The Hall–Kier alpha value is -2.39. The van der Waals surface area contributed by atoms with E-state index in [0.29, 0.717) is 6.07 Å². The molecule has 0 spiro atoms. The van der Waals surface area contributed by atoms with Crippen molar-refractivity contribution in [2.24, 2.45) is 5.73 Å². The number of aromatic amines is 1. The molecule has 2 aromatic rings. The van der Waals surface area contributed by atoms with Crippen LogP contribution < -0.4 is 10.5 Å². The summed E-state index contributed by atoms with van der Waals surface area (Å²) >= 11 is 0. The lowest BCUT2D eigenvalue weighted by Gasteiger charge is -2.12. The van der Waals surface area contributed by atoms with Gasteiger partial charge in [-0.2, -0.15) is 26.3 Å². The van der Waals surface area contributed by atoms with Gasteiger partial charge in [-0.15, -0.1) is 0 Å². The standard InChI is InChI=1S/C12H8F6N2O2/c1-22-5-3-2-4(11(13,14)15)8-6(5)7(12(16,17)18)9(20-8)10(19)21/h2-3,20H,1H3,(H2,19,21). The van der Waals surface area contributed by atoms with Gasteiger partial charge >= 0.3 is 12.4 Å². The second-order valence-electron chi connectivity index (χ2n) is 4.30. The molecule has 1 heterocycles. The van der Waals surface area contributed by atoms with Crippen LogP contribution in [0, 0.1) is 0 Å². The van der Waals surface area contributed by atoms with Crippen LogP contribution in [0.25, 0.3) is 10.9 Å². The zero-order chi connectivity index (χ0) is 16.9. The molecule has 1 aromatic heterocycles. The fourth-order valence-corrected chi connectivity index (χ4v) is 2.15. The lowest BCUT2D eigenvalue weighted by atomic mass is 10.1. The first-order valence-electron chi connectivity index (χ1n) is 5.65. The largest absolute Gasteiger partial charge is 0.496 e. The first-order valence-corrected chi connectivity index (χ1v) is 5.65. The summed E-state index contributed by atoms with van der Waals surface area (Å²) in [6, 6.07) is 1.31. The van der Waals surface area contributed by atoms with Crippen molar-refractivity contribution >= 4 is 16.8 Å². The summed E-state index contributed by atoms with van der Waals surface area (Å²) in [5, 5.41) is -0.890. The highest BCUT2D eigenvalue weighted by molar-refractivity contribution is 6.03. The van der Waals surface area contributed by atoms with Gasteiger partial charge in [-0.3, -0.25) is 4.79 Å². The topological polar surface area (TPSA) is 68.1 Å². The van der Waals surface area contributed by atoms with Crippen LogP contribution in [0.5, 0.6) is 5.75 Å². The molecule has 1 aromatic carbocycles. The van der Waals surface area contributed by atoms with Crippen LogP contribution in [0.2, 0.25) is 0 Å². The van der Waals surface area contributed by atoms with E-state index in [4.69, 9.17) is 5.73 Å². The van der Waals surface area contributed by atoms with Crippen LogP contribution in [-0.2, 0) is 12.4 Å². The third-order valence-electron chi connectivity index (χ3n) is 2.97. The molecule has 4 nitrogen and oxygen atoms in total. The molecule has 0 aliphatic heterocycles. The number of hydrogen-bond acceptors (Lipinski definition) is 2. The molecular weight excluding hydrogens is 318 g/mol. The van der Waals surface area contributed by atoms with Crippen molar-refractivity contribution in [3.8, 4) is 5.75 Å². The maximum absolute atomic E-state index is 13.2. The van der Waals surface area contributed by atoms with Crippen molar-refractivity contribution in [1.82, 2.24) is 4.98 Å². The maximum atomic E-state index is 13.2. The number of carbonyl (C=O) groups excluding carboxylic acids is 1. The second kappa shape index (κ2) is 4.82. The Morgan fingerprint density at radius 2 is 1.73 bits per heavy atom. The van der Waals surface area contributed by atoms with Gasteiger partial charge in [0.2, 0.25) is 0 Å². The molecule has 3 N–H and O–H groups in total. The zero-order valence-corrected chi connectivity index (χ0v) is 10.8. The smallest absolute Gasteiger partial charge is 0.419 e. The summed E-state index contributed by atoms with van der Waals surface area (Å²) in [7, 11) is 0.999. The van der Waals surface area contributed by atoms with Crippen LogP contribution in [0.15, 0.2) is 12.1 Å². The number of hydrogen-bond donors (Lipinski definition) is 2. The van der Waals surface area contributed by atoms with Crippen LogP contribution in [0.1, 0.15) is 21.6 Å². The van der Waals surface area contributed by atoms with Gasteiger partial charge in [0.05, 0.1) is 29.1 Å². The molecule has 1 amide bonds. The summed E-state index contributed by atoms with van der Waals surface area (Å²) in [4.78, 5) is 13.0. The lowest BCUT2D eigenvalue weighted by Crippen LogP contribution is -2.18. The number of carbonyl (C=O) groups is 1. The first-order chi connectivity index (χ1) is 9.98. The highest BCUT2D eigenvalue weighted by Crippen LogP contribution is 2.45. The summed E-state index contributed by atoms with van der Waals surface area (Å²) in [5.74, 6) is -1.99. The molecule has 0 unspecified atom stereocenters. The first kappa shape index (κ1) is 16.0. The summed E-state index contributed by atoms with van der Waals surface area (Å²) < 4.78 is 82.9. The van der Waals surface area contributed by atoms with Gasteiger partial charge in [0.25, 0.3) is 5.91 Å². The number of benzene rings is 1. The number of halogens is 6. The summed E-state index contributed by atoms with van der Waals surface area (Å²) in [6.45, 7) is 0. The van der Waals surface area contributed by atoms with E-state index in [1.54, 1.807) is 0 Å². The van der Waals surface area contributed by atoms with Gasteiger partial charge in [0.15, 0.2) is 0 Å².